The number of hydrogen-bond donors (Lipinski definition) is 0. The Hall–Kier alpha value is -0.0200. The van der Waals surface area contributed by atoms with Gasteiger partial charge in [0.1, 0.15) is 0 Å². The van der Waals surface area contributed by atoms with Crippen LogP contribution in [0.5, 0.6) is 0 Å². The van der Waals surface area contributed by atoms with E-state index < -0.39 is 0 Å². The minimum atomic E-state index is 0.376. The Morgan fingerprint density at radius 1 is 1.70 bits per heavy atom. The highest BCUT2D eigenvalue weighted by atomic mass is 32.2. The van der Waals surface area contributed by atoms with Crippen LogP contribution in [0.15, 0.2) is 0 Å². The number of carbonyl (C=O) groups excluding carboxylic acids is 1. The molecule has 58 valence electrons. The van der Waals surface area contributed by atoms with Crippen LogP contribution >= 0.6 is 11.9 Å². The van der Waals surface area contributed by atoms with Gasteiger partial charge in [-0.15, -0.1) is 0 Å². The lowest BCUT2D eigenvalue weighted by Gasteiger charge is -2.09. The van der Waals surface area contributed by atoms with E-state index in [2.05, 4.69) is 11.2 Å². The van der Waals surface area contributed by atoms with Gasteiger partial charge in [0.05, 0.1) is 12.3 Å². The first-order chi connectivity index (χ1) is 4.83. The second-order valence-corrected chi connectivity index (χ2v) is 3.59. The molecule has 0 unspecified atom stereocenters. The molecule has 10 heavy (non-hydrogen) atoms. The maximum Gasteiger partial charge on any atom is 0.158 e. The normalized spacial score (nSPS) is 20.3. The third-order valence-corrected chi connectivity index (χ3v) is 2.65. The van der Waals surface area contributed by atoms with Crippen molar-refractivity contribution in [1.82, 2.24) is 4.31 Å². The van der Waals surface area contributed by atoms with E-state index in [0.717, 1.165) is 6.54 Å². The molecule has 0 amide bonds. The van der Waals surface area contributed by atoms with Crippen molar-refractivity contribution >= 4 is 17.7 Å². The fraction of sp³-hybridized carbons (Fsp3) is 0.857. The molecular formula is C7H13NOS. The average molecular weight is 159 g/mol. The van der Waals surface area contributed by atoms with Crippen LogP contribution in [-0.4, -0.2) is 28.9 Å². The number of rotatable bonds is 3. The molecular weight excluding hydrogens is 146 g/mol. The largest absolute Gasteiger partial charge is 0.297 e. The van der Waals surface area contributed by atoms with Crippen LogP contribution in [0.25, 0.3) is 0 Å². The molecule has 3 heteroatoms. The lowest BCUT2D eigenvalue weighted by Crippen LogP contribution is -2.16. The molecule has 1 heterocycles. The van der Waals surface area contributed by atoms with E-state index in [-0.39, 0.29) is 0 Å². The van der Waals surface area contributed by atoms with Crippen molar-refractivity contribution in [2.45, 2.75) is 19.8 Å². The van der Waals surface area contributed by atoms with E-state index in [1.165, 1.54) is 12.8 Å². The number of unbranched alkanes of at least 4 members (excludes halogenated alkanes) is 1. The van der Waals surface area contributed by atoms with E-state index in [1.807, 2.05) is 0 Å². The molecule has 1 rings (SSSR count). The molecule has 1 aliphatic rings. The molecule has 0 saturated carbocycles. The third kappa shape index (κ3) is 2.31. The summed E-state index contributed by atoms with van der Waals surface area (Å²) in [6, 6.07) is 0. The molecule has 0 radical (unpaired) electrons. The van der Waals surface area contributed by atoms with Crippen LogP contribution in [0, 0.1) is 0 Å². The fourth-order valence-electron chi connectivity index (χ4n) is 0.929. The van der Waals surface area contributed by atoms with E-state index in [9.17, 15) is 4.79 Å². The van der Waals surface area contributed by atoms with Crippen LogP contribution in [0.2, 0.25) is 0 Å². The van der Waals surface area contributed by atoms with Crippen LogP contribution in [0.4, 0.5) is 0 Å². The van der Waals surface area contributed by atoms with Crippen molar-refractivity contribution in [2.75, 3.05) is 18.8 Å². The predicted octanol–water partition coefficient (Wildman–Crippen LogP) is 1.32. The molecule has 2 nitrogen and oxygen atoms in total. The summed E-state index contributed by atoms with van der Waals surface area (Å²) in [5.74, 6) is 1.07. The molecule has 0 aromatic rings. The first-order valence-electron chi connectivity index (χ1n) is 3.72. The highest BCUT2D eigenvalue weighted by Gasteiger charge is 2.18. The molecule has 0 aromatic carbocycles. The molecule has 1 aliphatic heterocycles. The van der Waals surface area contributed by atoms with Crippen molar-refractivity contribution in [2.24, 2.45) is 0 Å². The Kier molecular flexibility index (Phi) is 3.22. The SMILES string of the molecule is CCCCN1CC(=O)CS1. The Balaban J connectivity index is 2.12. The molecule has 0 N–H and O–H groups in total. The lowest BCUT2D eigenvalue weighted by atomic mass is 10.3. The monoisotopic (exact) mass is 159 g/mol. The van der Waals surface area contributed by atoms with Gasteiger partial charge in [-0.1, -0.05) is 25.3 Å². The topological polar surface area (TPSA) is 20.3 Å². The highest BCUT2D eigenvalue weighted by Crippen LogP contribution is 2.17. The van der Waals surface area contributed by atoms with Gasteiger partial charge in [-0.3, -0.25) is 4.79 Å². The van der Waals surface area contributed by atoms with Gasteiger partial charge in [0.15, 0.2) is 5.78 Å². The van der Waals surface area contributed by atoms with Crippen molar-refractivity contribution in [3.05, 3.63) is 0 Å². The summed E-state index contributed by atoms with van der Waals surface area (Å²) in [6.07, 6.45) is 2.42. The number of ketones is 1. The predicted molar refractivity (Wildman–Crippen MR) is 43.9 cm³/mol. The van der Waals surface area contributed by atoms with E-state index in [4.69, 9.17) is 0 Å². The van der Waals surface area contributed by atoms with E-state index in [0.29, 0.717) is 18.1 Å². The summed E-state index contributed by atoms with van der Waals surface area (Å²) in [5.41, 5.74) is 0. The number of Topliss-reactive ketones (excluding diaryl/α,β-unsaturated/α-hetero) is 1. The Morgan fingerprint density at radius 2 is 2.50 bits per heavy atom. The molecule has 1 saturated heterocycles. The zero-order chi connectivity index (χ0) is 7.40. The minimum absolute atomic E-state index is 0.376. The Labute approximate surface area is 66.1 Å². The molecule has 0 atom stereocenters. The standard InChI is InChI=1S/C7H13NOS/c1-2-3-4-8-5-7(9)6-10-8/h2-6H2,1H3. The fourth-order valence-corrected chi connectivity index (χ4v) is 1.84. The van der Waals surface area contributed by atoms with Gasteiger partial charge in [0, 0.05) is 6.54 Å². The molecule has 0 spiro atoms. The van der Waals surface area contributed by atoms with Gasteiger partial charge in [-0.05, 0) is 6.42 Å². The van der Waals surface area contributed by atoms with Gasteiger partial charge >= 0.3 is 0 Å². The summed E-state index contributed by atoms with van der Waals surface area (Å²) in [4.78, 5) is 10.8. The summed E-state index contributed by atoms with van der Waals surface area (Å²) in [7, 11) is 0. The molecule has 0 bridgehead atoms. The number of carbonyl (C=O) groups is 1. The average Bonchev–Trinajstić information content (AvgIpc) is 2.31. The Bertz CT molecular complexity index is 127. The molecule has 0 aromatic heterocycles. The van der Waals surface area contributed by atoms with Crippen molar-refractivity contribution in [3.63, 3.8) is 0 Å². The Morgan fingerprint density at radius 3 is 3.00 bits per heavy atom. The van der Waals surface area contributed by atoms with Crippen LogP contribution in [0.3, 0.4) is 0 Å². The summed E-state index contributed by atoms with van der Waals surface area (Å²) in [5, 5.41) is 0. The summed E-state index contributed by atoms with van der Waals surface area (Å²) in [6.45, 7) is 3.92. The van der Waals surface area contributed by atoms with Crippen molar-refractivity contribution in [1.29, 1.82) is 0 Å². The van der Waals surface area contributed by atoms with Gasteiger partial charge < -0.3 is 0 Å². The lowest BCUT2D eigenvalue weighted by molar-refractivity contribution is -0.115. The second kappa shape index (κ2) is 3.98. The number of hydrogen-bond acceptors (Lipinski definition) is 3. The smallest absolute Gasteiger partial charge is 0.158 e. The zero-order valence-corrected chi connectivity index (χ0v) is 7.12. The van der Waals surface area contributed by atoms with Gasteiger partial charge in [-0.25, -0.2) is 4.31 Å². The first kappa shape index (κ1) is 8.08. The van der Waals surface area contributed by atoms with Crippen LogP contribution in [-0.2, 0) is 4.79 Å². The van der Waals surface area contributed by atoms with Crippen LogP contribution in [0.1, 0.15) is 19.8 Å². The molecule has 1 fully saturated rings. The second-order valence-electron chi connectivity index (χ2n) is 2.53. The minimum Gasteiger partial charge on any atom is -0.297 e. The van der Waals surface area contributed by atoms with E-state index in [1.54, 1.807) is 11.9 Å². The van der Waals surface area contributed by atoms with Gasteiger partial charge in [-0.2, -0.15) is 0 Å². The maximum atomic E-state index is 10.8. The third-order valence-electron chi connectivity index (χ3n) is 1.52. The first-order valence-corrected chi connectivity index (χ1v) is 4.66. The zero-order valence-electron chi connectivity index (χ0n) is 6.30. The van der Waals surface area contributed by atoms with Crippen molar-refractivity contribution in [3.8, 4) is 0 Å². The maximum absolute atomic E-state index is 10.8. The van der Waals surface area contributed by atoms with Gasteiger partial charge in [0.25, 0.3) is 0 Å². The van der Waals surface area contributed by atoms with Crippen LogP contribution < -0.4 is 0 Å². The highest BCUT2D eigenvalue weighted by molar-refractivity contribution is 7.98. The molecule has 0 aliphatic carbocycles. The van der Waals surface area contributed by atoms with Gasteiger partial charge in [0.2, 0.25) is 0 Å². The quantitative estimate of drug-likeness (QED) is 0.579. The van der Waals surface area contributed by atoms with Crippen molar-refractivity contribution < 1.29 is 4.79 Å². The van der Waals surface area contributed by atoms with E-state index >= 15 is 0 Å². The summed E-state index contributed by atoms with van der Waals surface area (Å²) < 4.78 is 2.16. The number of nitrogens with zero attached hydrogens (tertiary/aromatic N) is 1. The summed E-state index contributed by atoms with van der Waals surface area (Å²) >= 11 is 1.67.